The lowest BCUT2D eigenvalue weighted by Crippen LogP contribution is -2.53. The minimum absolute atomic E-state index is 0. The van der Waals surface area contributed by atoms with Gasteiger partial charge in [0.15, 0.2) is 0 Å². The van der Waals surface area contributed by atoms with Crippen molar-refractivity contribution in [1.29, 1.82) is 0 Å². The van der Waals surface area contributed by atoms with Crippen LogP contribution < -0.4 is 16.0 Å². The van der Waals surface area contributed by atoms with Gasteiger partial charge in [0, 0.05) is 42.6 Å². The van der Waals surface area contributed by atoms with Gasteiger partial charge in [0.25, 0.3) is 5.91 Å². The van der Waals surface area contributed by atoms with Crippen LogP contribution in [0.1, 0.15) is 15.9 Å². The average molecular weight is 408 g/mol. The molecule has 0 saturated carbocycles. The third-order valence-corrected chi connectivity index (χ3v) is 4.69. The predicted octanol–water partition coefficient (Wildman–Crippen LogP) is 2.44. The normalized spacial score (nSPS) is 14.4. The molecule has 1 unspecified atom stereocenters. The lowest BCUT2D eigenvalue weighted by molar-refractivity contribution is -0.123. The van der Waals surface area contributed by atoms with E-state index >= 15 is 0 Å². The minimum atomic E-state index is -0.631. The topological polar surface area (TPSA) is 70.2 Å². The summed E-state index contributed by atoms with van der Waals surface area (Å²) in [6.45, 7) is 2.45. The van der Waals surface area contributed by atoms with Crippen LogP contribution >= 0.6 is 24.0 Å². The fraction of sp³-hybridized carbons (Fsp3) is 0.300. The highest BCUT2D eigenvalue weighted by Gasteiger charge is 2.24. The fourth-order valence-corrected chi connectivity index (χ4v) is 2.89. The van der Waals surface area contributed by atoms with E-state index in [4.69, 9.17) is 11.6 Å². The molecule has 1 fully saturated rings. The molecule has 144 valence electrons. The van der Waals surface area contributed by atoms with Crippen LogP contribution in [0.3, 0.4) is 0 Å². The van der Waals surface area contributed by atoms with Crippen molar-refractivity contribution in [1.82, 2.24) is 16.0 Å². The van der Waals surface area contributed by atoms with Crippen LogP contribution in [0.4, 0.5) is 0 Å². The molecule has 2 aromatic rings. The number of carbonyl (C=O) groups is 2. The van der Waals surface area contributed by atoms with E-state index in [0.717, 1.165) is 18.7 Å². The summed E-state index contributed by atoms with van der Waals surface area (Å²) < 4.78 is 0. The standard InChI is InChI=1S/C20H22ClN3O2.ClH/c21-17-8-6-16(7-9-17)19(25)24-18(10-14-4-2-1-3-5-14)20(26)23-13-15-11-22-12-15;/h1-9,15,18,22H,10-13H2,(H,23,26)(H,24,25);1H. The summed E-state index contributed by atoms with van der Waals surface area (Å²) in [5.74, 6) is 0.00872. The number of nitrogens with one attached hydrogen (secondary N) is 3. The zero-order valence-corrected chi connectivity index (χ0v) is 16.4. The molecule has 1 atom stereocenters. The number of halogens is 2. The van der Waals surface area contributed by atoms with E-state index in [1.54, 1.807) is 24.3 Å². The zero-order valence-electron chi connectivity index (χ0n) is 14.8. The van der Waals surface area contributed by atoms with E-state index in [-0.39, 0.29) is 24.2 Å². The van der Waals surface area contributed by atoms with Crippen LogP contribution in [0, 0.1) is 5.92 Å². The van der Waals surface area contributed by atoms with Crippen LogP contribution in [-0.2, 0) is 11.2 Å². The molecule has 1 saturated heterocycles. The molecule has 27 heavy (non-hydrogen) atoms. The van der Waals surface area contributed by atoms with Crippen molar-refractivity contribution < 1.29 is 9.59 Å². The van der Waals surface area contributed by atoms with Crippen molar-refractivity contribution >= 4 is 35.8 Å². The fourth-order valence-electron chi connectivity index (χ4n) is 2.76. The molecule has 3 N–H and O–H groups in total. The van der Waals surface area contributed by atoms with Crippen molar-refractivity contribution in [2.75, 3.05) is 19.6 Å². The van der Waals surface area contributed by atoms with Crippen molar-refractivity contribution in [3.8, 4) is 0 Å². The molecule has 7 heteroatoms. The Hall–Kier alpha value is -2.08. The molecule has 2 aromatic carbocycles. The van der Waals surface area contributed by atoms with Crippen LogP contribution in [-0.4, -0.2) is 37.5 Å². The SMILES string of the molecule is Cl.O=C(NC(Cc1ccccc1)C(=O)NCC1CNC1)c1ccc(Cl)cc1. The Morgan fingerprint density at radius 1 is 1.07 bits per heavy atom. The highest BCUT2D eigenvalue weighted by Crippen LogP contribution is 2.11. The number of carbonyl (C=O) groups excluding carboxylic acids is 2. The molecule has 3 rings (SSSR count). The predicted molar refractivity (Wildman–Crippen MR) is 109 cm³/mol. The Kier molecular flexibility index (Phi) is 8.10. The van der Waals surface area contributed by atoms with Crippen molar-refractivity contribution in [2.24, 2.45) is 5.92 Å². The van der Waals surface area contributed by atoms with Gasteiger partial charge in [-0.3, -0.25) is 9.59 Å². The summed E-state index contributed by atoms with van der Waals surface area (Å²) in [6, 6.07) is 15.7. The monoisotopic (exact) mass is 407 g/mol. The first-order valence-corrected chi connectivity index (χ1v) is 9.08. The summed E-state index contributed by atoms with van der Waals surface area (Å²) in [5.41, 5.74) is 1.47. The molecule has 0 spiro atoms. The quantitative estimate of drug-likeness (QED) is 0.659. The van der Waals surface area contributed by atoms with Gasteiger partial charge in [0.2, 0.25) is 5.91 Å². The van der Waals surface area contributed by atoms with Gasteiger partial charge in [-0.15, -0.1) is 12.4 Å². The Bertz CT molecular complexity index is 750. The molecule has 5 nitrogen and oxygen atoms in total. The first-order valence-electron chi connectivity index (χ1n) is 8.70. The molecule has 0 aliphatic carbocycles. The smallest absolute Gasteiger partial charge is 0.251 e. The summed E-state index contributed by atoms with van der Waals surface area (Å²) in [4.78, 5) is 25.2. The number of benzene rings is 2. The Labute approximate surface area is 170 Å². The Morgan fingerprint density at radius 2 is 1.74 bits per heavy atom. The van der Waals surface area contributed by atoms with Gasteiger partial charge in [0.05, 0.1) is 0 Å². The zero-order chi connectivity index (χ0) is 18.4. The second-order valence-corrected chi connectivity index (χ2v) is 6.93. The highest BCUT2D eigenvalue weighted by molar-refractivity contribution is 6.30. The first-order chi connectivity index (χ1) is 12.6. The third-order valence-electron chi connectivity index (χ3n) is 4.44. The molecule has 1 aliphatic heterocycles. The summed E-state index contributed by atoms with van der Waals surface area (Å²) in [7, 11) is 0. The van der Waals surface area contributed by atoms with Crippen LogP contribution in [0.25, 0.3) is 0 Å². The van der Waals surface area contributed by atoms with Crippen molar-refractivity contribution in [3.05, 3.63) is 70.7 Å². The van der Waals surface area contributed by atoms with Crippen LogP contribution in [0.15, 0.2) is 54.6 Å². The molecular weight excluding hydrogens is 385 g/mol. The maximum absolute atomic E-state index is 12.6. The maximum Gasteiger partial charge on any atom is 0.251 e. The molecule has 1 heterocycles. The summed E-state index contributed by atoms with van der Waals surface area (Å²) in [5, 5.41) is 9.55. The van der Waals surface area contributed by atoms with E-state index < -0.39 is 6.04 Å². The van der Waals surface area contributed by atoms with Gasteiger partial charge < -0.3 is 16.0 Å². The second kappa shape index (κ2) is 10.3. The van der Waals surface area contributed by atoms with Gasteiger partial charge in [-0.2, -0.15) is 0 Å². The molecule has 0 bridgehead atoms. The van der Waals surface area contributed by atoms with Crippen LogP contribution in [0.5, 0.6) is 0 Å². The number of hydrogen-bond acceptors (Lipinski definition) is 3. The molecule has 0 aromatic heterocycles. The van der Waals surface area contributed by atoms with Crippen LogP contribution in [0.2, 0.25) is 5.02 Å². The van der Waals surface area contributed by atoms with Gasteiger partial charge in [-0.1, -0.05) is 41.9 Å². The summed E-state index contributed by atoms with van der Waals surface area (Å²) >= 11 is 5.87. The number of rotatable bonds is 7. The number of hydrogen-bond donors (Lipinski definition) is 3. The Balaban J connectivity index is 0.00000261. The van der Waals surface area contributed by atoms with Gasteiger partial charge in [0.1, 0.15) is 6.04 Å². The van der Waals surface area contributed by atoms with Crippen molar-refractivity contribution in [2.45, 2.75) is 12.5 Å². The largest absolute Gasteiger partial charge is 0.354 e. The number of amides is 2. The lowest BCUT2D eigenvalue weighted by Gasteiger charge is -2.28. The molecule has 0 radical (unpaired) electrons. The maximum atomic E-state index is 12.6. The summed E-state index contributed by atoms with van der Waals surface area (Å²) in [6.07, 6.45) is 0.439. The molecule has 1 aliphatic rings. The van der Waals surface area contributed by atoms with E-state index in [9.17, 15) is 9.59 Å². The second-order valence-electron chi connectivity index (χ2n) is 6.49. The van der Waals surface area contributed by atoms with Gasteiger partial charge in [-0.25, -0.2) is 0 Å². The highest BCUT2D eigenvalue weighted by atomic mass is 35.5. The van der Waals surface area contributed by atoms with Crippen molar-refractivity contribution in [3.63, 3.8) is 0 Å². The van der Waals surface area contributed by atoms with E-state index in [1.807, 2.05) is 30.3 Å². The molecular formula is C20H23Cl2N3O2. The van der Waals surface area contributed by atoms with E-state index in [0.29, 0.717) is 29.5 Å². The van der Waals surface area contributed by atoms with Gasteiger partial charge >= 0.3 is 0 Å². The van der Waals surface area contributed by atoms with E-state index in [2.05, 4.69) is 16.0 Å². The van der Waals surface area contributed by atoms with E-state index in [1.165, 1.54) is 0 Å². The molecule has 2 amide bonds. The average Bonchev–Trinajstić information content (AvgIpc) is 2.61. The lowest BCUT2D eigenvalue weighted by atomic mass is 10.0. The third kappa shape index (κ3) is 6.24. The van der Waals surface area contributed by atoms with Gasteiger partial charge in [-0.05, 0) is 29.8 Å². The first kappa shape index (κ1) is 21.2. The Morgan fingerprint density at radius 3 is 2.33 bits per heavy atom. The minimum Gasteiger partial charge on any atom is -0.354 e.